The summed E-state index contributed by atoms with van der Waals surface area (Å²) in [7, 11) is 1.64. The lowest BCUT2D eigenvalue weighted by Gasteiger charge is -2.09. The summed E-state index contributed by atoms with van der Waals surface area (Å²) in [5.74, 6) is 0.345. The Bertz CT molecular complexity index is 329. The summed E-state index contributed by atoms with van der Waals surface area (Å²) in [5.41, 5.74) is 0. The van der Waals surface area contributed by atoms with Gasteiger partial charge in [0.05, 0.1) is 11.5 Å². The van der Waals surface area contributed by atoms with E-state index in [0.717, 1.165) is 11.3 Å². The van der Waals surface area contributed by atoms with Crippen molar-refractivity contribution in [2.24, 2.45) is 5.92 Å². The topological polar surface area (TPSA) is 77.3 Å². The smallest absolute Gasteiger partial charge is 0.345 e. The van der Waals surface area contributed by atoms with Crippen molar-refractivity contribution in [3.05, 3.63) is 16.3 Å². The van der Waals surface area contributed by atoms with Crippen LogP contribution in [-0.4, -0.2) is 30.2 Å². The minimum atomic E-state index is -0.443. The molecule has 0 spiro atoms. The highest BCUT2D eigenvalue weighted by Gasteiger charge is 2.11. The lowest BCUT2D eigenvalue weighted by molar-refractivity contribution is -0.380. The van der Waals surface area contributed by atoms with E-state index in [2.05, 4.69) is 10.3 Å². The van der Waals surface area contributed by atoms with Crippen molar-refractivity contribution >= 4 is 21.5 Å². The van der Waals surface area contributed by atoms with E-state index < -0.39 is 4.92 Å². The van der Waals surface area contributed by atoms with Crippen LogP contribution >= 0.6 is 11.3 Å². The predicted octanol–water partition coefficient (Wildman–Crippen LogP) is 1.75. The number of nitro groups is 1. The lowest BCUT2D eigenvalue weighted by atomic mass is 10.2. The number of aromatic nitrogens is 1. The molecule has 1 aromatic heterocycles. The number of nitrogens with zero attached hydrogens (tertiary/aromatic N) is 2. The van der Waals surface area contributed by atoms with Gasteiger partial charge in [-0.15, -0.1) is 0 Å². The zero-order valence-corrected chi connectivity index (χ0v) is 9.41. The maximum atomic E-state index is 10.4. The standard InChI is InChI=1S/C8H13N3O3S/c1-6(5-14-2)3-9-8-10-4-7(15-8)11(12)13/h4,6H,3,5H2,1-2H3,(H,9,10). The summed E-state index contributed by atoms with van der Waals surface area (Å²) in [6.07, 6.45) is 1.26. The number of nitrogens with one attached hydrogen (secondary N) is 1. The van der Waals surface area contributed by atoms with E-state index in [1.807, 2.05) is 6.92 Å². The van der Waals surface area contributed by atoms with Gasteiger partial charge in [0.25, 0.3) is 0 Å². The van der Waals surface area contributed by atoms with Gasteiger partial charge in [0, 0.05) is 13.7 Å². The fraction of sp³-hybridized carbons (Fsp3) is 0.625. The molecule has 0 fully saturated rings. The first kappa shape index (κ1) is 11.9. The molecule has 1 heterocycles. The van der Waals surface area contributed by atoms with Crippen LogP contribution in [0.4, 0.5) is 10.1 Å². The van der Waals surface area contributed by atoms with Gasteiger partial charge in [-0.25, -0.2) is 4.98 Å². The molecule has 0 bridgehead atoms. The van der Waals surface area contributed by atoms with Crippen LogP contribution in [0.25, 0.3) is 0 Å². The summed E-state index contributed by atoms with van der Waals surface area (Å²) < 4.78 is 4.97. The maximum Gasteiger partial charge on any atom is 0.345 e. The number of methoxy groups -OCH3 is 1. The van der Waals surface area contributed by atoms with Crippen molar-refractivity contribution in [1.82, 2.24) is 4.98 Å². The molecule has 1 aromatic rings. The number of hydrogen-bond acceptors (Lipinski definition) is 6. The Kier molecular flexibility index (Phi) is 4.44. The predicted molar refractivity (Wildman–Crippen MR) is 58.3 cm³/mol. The van der Waals surface area contributed by atoms with Gasteiger partial charge in [-0.3, -0.25) is 10.1 Å². The SMILES string of the molecule is COCC(C)CNc1ncc([N+](=O)[O-])s1. The van der Waals surface area contributed by atoms with Crippen LogP contribution in [0.15, 0.2) is 6.20 Å². The second-order valence-electron chi connectivity index (χ2n) is 3.20. The summed E-state index contributed by atoms with van der Waals surface area (Å²) in [6.45, 7) is 3.37. The van der Waals surface area contributed by atoms with E-state index >= 15 is 0 Å². The Morgan fingerprint density at radius 3 is 3.07 bits per heavy atom. The van der Waals surface area contributed by atoms with Gasteiger partial charge < -0.3 is 10.1 Å². The molecular weight excluding hydrogens is 218 g/mol. The van der Waals surface area contributed by atoms with E-state index in [1.165, 1.54) is 6.20 Å². The van der Waals surface area contributed by atoms with E-state index in [0.29, 0.717) is 24.2 Å². The van der Waals surface area contributed by atoms with Crippen LogP contribution in [0.3, 0.4) is 0 Å². The molecule has 0 saturated carbocycles. The zero-order valence-electron chi connectivity index (χ0n) is 8.60. The van der Waals surface area contributed by atoms with Gasteiger partial charge in [0.1, 0.15) is 6.20 Å². The van der Waals surface area contributed by atoms with Gasteiger partial charge >= 0.3 is 5.00 Å². The molecule has 0 aliphatic carbocycles. The lowest BCUT2D eigenvalue weighted by Crippen LogP contribution is -2.15. The Labute approximate surface area is 91.4 Å². The van der Waals surface area contributed by atoms with Gasteiger partial charge in [0.2, 0.25) is 0 Å². The first-order chi connectivity index (χ1) is 7.13. The third-order valence-corrected chi connectivity index (χ3v) is 2.63. The van der Waals surface area contributed by atoms with Crippen molar-refractivity contribution < 1.29 is 9.66 Å². The normalized spacial score (nSPS) is 12.4. The molecule has 6 nitrogen and oxygen atoms in total. The first-order valence-electron chi connectivity index (χ1n) is 4.46. The van der Waals surface area contributed by atoms with Crippen molar-refractivity contribution in [3.63, 3.8) is 0 Å². The summed E-state index contributed by atoms with van der Waals surface area (Å²) in [4.78, 5) is 13.8. The van der Waals surface area contributed by atoms with Gasteiger partial charge in [-0.1, -0.05) is 6.92 Å². The van der Waals surface area contributed by atoms with Crippen molar-refractivity contribution in [2.75, 3.05) is 25.6 Å². The van der Waals surface area contributed by atoms with Crippen molar-refractivity contribution in [1.29, 1.82) is 0 Å². The van der Waals surface area contributed by atoms with E-state index in [9.17, 15) is 10.1 Å². The highest BCUT2D eigenvalue weighted by molar-refractivity contribution is 7.18. The highest BCUT2D eigenvalue weighted by atomic mass is 32.1. The number of ether oxygens (including phenoxy) is 1. The van der Waals surface area contributed by atoms with Crippen LogP contribution in [-0.2, 0) is 4.74 Å². The average Bonchev–Trinajstić information content (AvgIpc) is 2.63. The molecule has 0 aromatic carbocycles. The van der Waals surface area contributed by atoms with Gasteiger partial charge in [0.15, 0.2) is 5.13 Å². The average molecular weight is 231 g/mol. The van der Waals surface area contributed by atoms with Crippen LogP contribution in [0.5, 0.6) is 0 Å². The summed E-state index contributed by atoms with van der Waals surface area (Å²) in [6, 6.07) is 0. The van der Waals surface area contributed by atoms with Crippen LogP contribution in [0.1, 0.15) is 6.92 Å². The van der Waals surface area contributed by atoms with Crippen LogP contribution in [0, 0.1) is 16.0 Å². The molecule has 0 amide bonds. The molecule has 84 valence electrons. The molecule has 7 heteroatoms. The molecule has 1 atom stereocenters. The van der Waals surface area contributed by atoms with E-state index in [-0.39, 0.29) is 5.00 Å². The Balaban J connectivity index is 2.40. The fourth-order valence-electron chi connectivity index (χ4n) is 1.04. The monoisotopic (exact) mass is 231 g/mol. The maximum absolute atomic E-state index is 10.4. The third-order valence-electron chi connectivity index (χ3n) is 1.73. The van der Waals surface area contributed by atoms with Crippen molar-refractivity contribution in [2.45, 2.75) is 6.92 Å². The molecule has 1 unspecified atom stereocenters. The second-order valence-corrected chi connectivity index (χ2v) is 4.21. The third kappa shape index (κ3) is 3.80. The minimum Gasteiger partial charge on any atom is -0.384 e. The molecule has 0 radical (unpaired) electrons. The van der Waals surface area contributed by atoms with Crippen molar-refractivity contribution in [3.8, 4) is 0 Å². The molecule has 15 heavy (non-hydrogen) atoms. The van der Waals surface area contributed by atoms with Gasteiger partial charge in [-0.05, 0) is 17.3 Å². The quantitative estimate of drug-likeness (QED) is 0.596. The second kappa shape index (κ2) is 5.62. The number of anilines is 1. The van der Waals surface area contributed by atoms with Gasteiger partial charge in [-0.2, -0.15) is 0 Å². The summed E-state index contributed by atoms with van der Waals surface area (Å²) >= 11 is 1.04. The molecule has 1 rings (SSSR count). The Hall–Kier alpha value is -1.21. The molecule has 0 aliphatic heterocycles. The van der Waals surface area contributed by atoms with E-state index in [4.69, 9.17) is 4.74 Å². The first-order valence-corrected chi connectivity index (χ1v) is 5.28. The Morgan fingerprint density at radius 1 is 1.80 bits per heavy atom. The zero-order chi connectivity index (χ0) is 11.3. The highest BCUT2D eigenvalue weighted by Crippen LogP contribution is 2.24. The largest absolute Gasteiger partial charge is 0.384 e. The van der Waals surface area contributed by atoms with Crippen LogP contribution in [0.2, 0.25) is 0 Å². The molecular formula is C8H13N3O3S. The Morgan fingerprint density at radius 2 is 2.53 bits per heavy atom. The summed E-state index contributed by atoms with van der Waals surface area (Å²) in [5, 5.41) is 14.0. The van der Waals surface area contributed by atoms with E-state index in [1.54, 1.807) is 7.11 Å². The number of hydrogen-bond donors (Lipinski definition) is 1. The fourth-order valence-corrected chi connectivity index (χ4v) is 1.68. The molecule has 0 saturated heterocycles. The minimum absolute atomic E-state index is 0.0527. The van der Waals surface area contributed by atoms with Crippen LogP contribution < -0.4 is 5.32 Å². The number of rotatable bonds is 6. The molecule has 1 N–H and O–H groups in total. The number of thiazole rings is 1. The molecule has 0 aliphatic rings.